The van der Waals surface area contributed by atoms with Gasteiger partial charge in [0.25, 0.3) is 5.92 Å². The van der Waals surface area contributed by atoms with Gasteiger partial charge in [0.1, 0.15) is 5.92 Å². The van der Waals surface area contributed by atoms with E-state index in [9.17, 15) is 18.4 Å². The third kappa shape index (κ3) is 2.93. The van der Waals surface area contributed by atoms with Crippen LogP contribution in [0.3, 0.4) is 0 Å². The monoisotopic (exact) mass is 307 g/mol. The molecule has 5 nitrogen and oxygen atoms in total. The fraction of sp³-hybridized carbons (Fsp3) is 0.333. The molecule has 1 atom stereocenters. The van der Waals surface area contributed by atoms with Gasteiger partial charge in [-0.15, -0.1) is 0 Å². The molecule has 0 saturated heterocycles. The highest BCUT2D eigenvalue weighted by Crippen LogP contribution is 2.48. The Morgan fingerprint density at radius 3 is 2.73 bits per heavy atom. The Morgan fingerprint density at radius 2 is 2.00 bits per heavy atom. The Labute approximate surface area is 125 Å². The lowest BCUT2D eigenvalue weighted by Crippen LogP contribution is -2.43. The molecule has 0 spiro atoms. The van der Waals surface area contributed by atoms with Crippen LogP contribution in [0.15, 0.2) is 30.5 Å². The lowest BCUT2D eigenvalue weighted by Gasteiger charge is -2.06. The average Bonchev–Trinajstić information content (AvgIpc) is 2.96. The van der Waals surface area contributed by atoms with Crippen molar-refractivity contribution in [3.05, 3.63) is 36.0 Å². The molecule has 1 aliphatic carbocycles. The molecule has 1 heterocycles. The Kier molecular flexibility index (Phi) is 3.56. The summed E-state index contributed by atoms with van der Waals surface area (Å²) in [6, 6.07) is 7.72. The van der Waals surface area contributed by atoms with Gasteiger partial charge >= 0.3 is 0 Å². The molecule has 1 aromatic carbocycles. The van der Waals surface area contributed by atoms with Gasteiger partial charge in [0.05, 0.1) is 0 Å². The number of alkyl halides is 2. The van der Waals surface area contributed by atoms with E-state index in [1.807, 2.05) is 35.9 Å². The lowest BCUT2D eigenvalue weighted by atomic mass is 10.1. The molecule has 2 aromatic rings. The van der Waals surface area contributed by atoms with Crippen LogP contribution in [0.4, 0.5) is 8.78 Å². The van der Waals surface area contributed by atoms with Gasteiger partial charge in [-0.25, -0.2) is 8.78 Å². The predicted molar refractivity (Wildman–Crippen MR) is 76.0 cm³/mol. The molecule has 0 bridgehead atoms. The van der Waals surface area contributed by atoms with Crippen molar-refractivity contribution >= 4 is 22.7 Å². The van der Waals surface area contributed by atoms with Crippen LogP contribution < -0.4 is 10.9 Å². The van der Waals surface area contributed by atoms with E-state index in [2.05, 4.69) is 10.4 Å². The van der Waals surface area contributed by atoms with Crippen LogP contribution in [0, 0.1) is 5.92 Å². The fourth-order valence-electron chi connectivity index (χ4n) is 2.37. The number of hydrazine groups is 1. The zero-order valence-electron chi connectivity index (χ0n) is 11.7. The van der Waals surface area contributed by atoms with Gasteiger partial charge in [0.2, 0.25) is 11.8 Å². The normalized spacial score (nSPS) is 18.9. The topological polar surface area (TPSA) is 74.0 Å². The van der Waals surface area contributed by atoms with Crippen LogP contribution in [0.2, 0.25) is 0 Å². The number of H-pyrrole nitrogens is 1. The third-order valence-electron chi connectivity index (χ3n) is 3.76. The Morgan fingerprint density at radius 1 is 1.27 bits per heavy atom. The van der Waals surface area contributed by atoms with E-state index < -0.39 is 30.1 Å². The maximum Gasteiger partial charge on any atom is 0.260 e. The van der Waals surface area contributed by atoms with E-state index in [1.54, 1.807) is 0 Å². The summed E-state index contributed by atoms with van der Waals surface area (Å²) in [6.45, 7) is 0. The molecule has 1 aromatic heterocycles. The maximum absolute atomic E-state index is 12.7. The summed E-state index contributed by atoms with van der Waals surface area (Å²) < 4.78 is 25.4. The average molecular weight is 307 g/mol. The number of nitrogens with one attached hydrogen (secondary N) is 3. The molecule has 1 fully saturated rings. The number of amides is 2. The van der Waals surface area contributed by atoms with Gasteiger partial charge < -0.3 is 4.98 Å². The smallest absolute Gasteiger partial charge is 0.260 e. The third-order valence-corrected chi connectivity index (χ3v) is 3.76. The van der Waals surface area contributed by atoms with Crippen LogP contribution in [0.1, 0.15) is 18.4 Å². The summed E-state index contributed by atoms with van der Waals surface area (Å²) in [5.41, 5.74) is 6.19. The highest BCUT2D eigenvalue weighted by molar-refractivity contribution is 5.87. The molecule has 2 amide bonds. The quantitative estimate of drug-likeness (QED) is 0.755. The molecule has 0 aliphatic heterocycles. The first-order valence-electron chi connectivity index (χ1n) is 6.99. The highest BCUT2D eigenvalue weighted by atomic mass is 19.3. The van der Waals surface area contributed by atoms with Crippen molar-refractivity contribution in [2.45, 2.75) is 25.2 Å². The van der Waals surface area contributed by atoms with Crippen molar-refractivity contribution in [2.75, 3.05) is 0 Å². The van der Waals surface area contributed by atoms with Crippen LogP contribution in [-0.2, 0) is 16.0 Å². The number of aryl methyl sites for hydroxylation is 1. The van der Waals surface area contributed by atoms with Gasteiger partial charge in [-0.05, 0) is 18.1 Å². The zero-order valence-corrected chi connectivity index (χ0v) is 11.7. The van der Waals surface area contributed by atoms with Crippen molar-refractivity contribution in [1.82, 2.24) is 15.8 Å². The first kappa shape index (κ1) is 14.5. The molecule has 3 N–H and O–H groups in total. The van der Waals surface area contributed by atoms with Crippen molar-refractivity contribution in [2.24, 2.45) is 5.92 Å². The first-order chi connectivity index (χ1) is 10.5. The number of benzene rings is 1. The second kappa shape index (κ2) is 5.40. The largest absolute Gasteiger partial charge is 0.361 e. The van der Waals surface area contributed by atoms with Crippen molar-refractivity contribution in [1.29, 1.82) is 0 Å². The number of hydrogen-bond donors (Lipinski definition) is 3. The standard InChI is InChI=1S/C15H15F2N3O2/c16-15(17)7-11(15)14(22)20-19-13(21)6-5-9-8-18-12-4-2-1-3-10(9)12/h1-4,8,11,18H,5-7H2,(H,19,21)(H,20,22). The number of carbonyl (C=O) groups is 2. The van der Waals surface area contributed by atoms with Gasteiger partial charge in [-0.1, -0.05) is 18.2 Å². The summed E-state index contributed by atoms with van der Waals surface area (Å²) in [6.07, 6.45) is 2.03. The summed E-state index contributed by atoms with van der Waals surface area (Å²) in [7, 11) is 0. The molecule has 1 unspecified atom stereocenters. The van der Waals surface area contributed by atoms with Crippen molar-refractivity contribution < 1.29 is 18.4 Å². The Bertz CT molecular complexity index is 726. The van der Waals surface area contributed by atoms with Crippen LogP contribution in [0.25, 0.3) is 10.9 Å². The molecular formula is C15H15F2N3O2. The zero-order chi connectivity index (χ0) is 15.7. The predicted octanol–water partition coefficient (Wildman–Crippen LogP) is 1.90. The summed E-state index contributed by atoms with van der Waals surface area (Å²) >= 11 is 0. The Hall–Kier alpha value is -2.44. The summed E-state index contributed by atoms with van der Waals surface area (Å²) in [5, 5.41) is 1.04. The second-order valence-electron chi connectivity index (χ2n) is 5.41. The van der Waals surface area contributed by atoms with Gasteiger partial charge in [0.15, 0.2) is 0 Å². The number of halogens is 2. The minimum absolute atomic E-state index is 0.156. The lowest BCUT2D eigenvalue weighted by molar-refractivity contribution is -0.130. The number of carbonyl (C=O) groups excluding carboxylic acids is 2. The van der Waals surface area contributed by atoms with Gasteiger partial charge in [0, 0.05) is 29.9 Å². The molecular weight excluding hydrogens is 292 g/mol. The van der Waals surface area contributed by atoms with Gasteiger partial charge in [-0.2, -0.15) is 0 Å². The van der Waals surface area contributed by atoms with Crippen LogP contribution in [-0.4, -0.2) is 22.7 Å². The van der Waals surface area contributed by atoms with Crippen LogP contribution >= 0.6 is 0 Å². The summed E-state index contributed by atoms with van der Waals surface area (Å²) in [5.74, 6) is -5.51. The number of rotatable bonds is 4. The minimum Gasteiger partial charge on any atom is -0.361 e. The van der Waals surface area contributed by atoms with E-state index in [-0.39, 0.29) is 6.42 Å². The van der Waals surface area contributed by atoms with E-state index >= 15 is 0 Å². The number of hydrogen-bond acceptors (Lipinski definition) is 2. The van der Waals surface area contributed by atoms with E-state index in [0.717, 1.165) is 16.5 Å². The highest BCUT2D eigenvalue weighted by Gasteiger charge is 2.61. The number of aromatic nitrogens is 1. The fourth-order valence-corrected chi connectivity index (χ4v) is 2.37. The van der Waals surface area contributed by atoms with Crippen molar-refractivity contribution in [3.63, 3.8) is 0 Å². The molecule has 0 radical (unpaired) electrons. The van der Waals surface area contributed by atoms with Crippen LogP contribution in [0.5, 0.6) is 0 Å². The van der Waals surface area contributed by atoms with E-state index in [0.29, 0.717) is 6.42 Å². The molecule has 3 rings (SSSR count). The number of fused-ring (bicyclic) bond motifs is 1. The molecule has 116 valence electrons. The molecule has 7 heteroatoms. The Balaban J connectivity index is 1.47. The molecule has 22 heavy (non-hydrogen) atoms. The maximum atomic E-state index is 12.7. The van der Waals surface area contributed by atoms with Crippen molar-refractivity contribution in [3.8, 4) is 0 Å². The minimum atomic E-state index is -2.93. The second-order valence-corrected chi connectivity index (χ2v) is 5.41. The SMILES string of the molecule is O=C(CCc1c[nH]c2ccccc12)NNC(=O)C1CC1(F)F. The van der Waals surface area contributed by atoms with E-state index in [4.69, 9.17) is 0 Å². The molecule has 1 saturated carbocycles. The first-order valence-corrected chi connectivity index (χ1v) is 6.99. The van der Waals surface area contributed by atoms with E-state index in [1.165, 1.54) is 0 Å². The number of aromatic amines is 1. The molecule has 1 aliphatic rings. The van der Waals surface area contributed by atoms with Gasteiger partial charge in [-0.3, -0.25) is 20.4 Å². The summed E-state index contributed by atoms with van der Waals surface area (Å²) in [4.78, 5) is 26.1. The number of para-hydroxylation sites is 1.